The Morgan fingerprint density at radius 3 is 2.00 bits per heavy atom. The number of hydrogen-bond acceptors (Lipinski definition) is 4. The molecule has 0 bridgehead atoms. The van der Waals surface area contributed by atoms with Crippen molar-refractivity contribution in [2.75, 3.05) is 13.1 Å². The summed E-state index contributed by atoms with van der Waals surface area (Å²) in [5.41, 5.74) is -1.37. The second-order valence-corrected chi connectivity index (χ2v) is 3.36. The lowest BCUT2D eigenvalue weighted by molar-refractivity contribution is -0.152. The van der Waals surface area contributed by atoms with E-state index in [1.165, 1.54) is 0 Å². The second-order valence-electron chi connectivity index (χ2n) is 3.36. The van der Waals surface area contributed by atoms with Crippen LogP contribution in [0, 0.1) is 28.1 Å². The Morgan fingerprint density at radius 1 is 1.27 bits per heavy atom. The van der Waals surface area contributed by atoms with E-state index in [-0.39, 0.29) is 25.9 Å². The molecule has 1 N–H and O–H groups in total. The molecule has 0 aromatic heterocycles. The van der Waals surface area contributed by atoms with Crippen LogP contribution in [0.3, 0.4) is 0 Å². The summed E-state index contributed by atoms with van der Waals surface area (Å²) >= 11 is 0. The van der Waals surface area contributed by atoms with Crippen LogP contribution in [0.1, 0.15) is 12.8 Å². The number of amides is 1. The summed E-state index contributed by atoms with van der Waals surface area (Å²) < 4.78 is 0. The van der Waals surface area contributed by atoms with Crippen LogP contribution in [0.25, 0.3) is 0 Å². The highest BCUT2D eigenvalue weighted by atomic mass is 16.4. The minimum absolute atomic E-state index is 0.249. The highest BCUT2D eigenvalue weighted by molar-refractivity contribution is 6.04. The molecule has 0 aliphatic heterocycles. The molecule has 1 saturated carbocycles. The van der Waals surface area contributed by atoms with Gasteiger partial charge < -0.3 is 10.0 Å². The third-order valence-corrected chi connectivity index (χ3v) is 2.38. The van der Waals surface area contributed by atoms with Gasteiger partial charge in [0.05, 0.1) is 12.1 Å². The highest BCUT2D eigenvalue weighted by Crippen LogP contribution is 2.47. The molecule has 0 aromatic rings. The number of carbonyl (C=O) groups excluding carboxylic acids is 1. The van der Waals surface area contributed by atoms with Crippen LogP contribution in [0.15, 0.2) is 0 Å². The zero-order valence-electron chi connectivity index (χ0n) is 7.93. The molecule has 0 atom stereocenters. The first-order chi connectivity index (χ1) is 7.08. The molecule has 0 unspecified atom stereocenters. The maximum absolute atomic E-state index is 11.7. The molecule has 1 rings (SSSR count). The van der Waals surface area contributed by atoms with Gasteiger partial charge in [0.25, 0.3) is 0 Å². The van der Waals surface area contributed by atoms with Crippen LogP contribution in [0.5, 0.6) is 0 Å². The molecule has 15 heavy (non-hydrogen) atoms. The molecule has 0 heterocycles. The zero-order valence-corrected chi connectivity index (χ0v) is 7.93. The van der Waals surface area contributed by atoms with E-state index in [1.807, 2.05) is 0 Å². The van der Waals surface area contributed by atoms with E-state index in [0.29, 0.717) is 0 Å². The summed E-state index contributed by atoms with van der Waals surface area (Å²) in [6.07, 6.45) is 0.572. The van der Waals surface area contributed by atoms with Crippen molar-refractivity contribution in [3.05, 3.63) is 0 Å². The van der Waals surface area contributed by atoms with E-state index in [9.17, 15) is 9.59 Å². The number of hydrogen-bond donors (Lipinski definition) is 1. The molecule has 1 aliphatic rings. The SMILES string of the molecule is N#CCN(CC#N)C(=O)C1(C(=O)O)CC1. The van der Waals surface area contributed by atoms with Gasteiger partial charge in [-0.15, -0.1) is 0 Å². The molecular weight excluding hydrogens is 198 g/mol. The Bertz CT molecular complexity index is 357. The normalized spacial score (nSPS) is 15.9. The van der Waals surface area contributed by atoms with Crippen molar-refractivity contribution in [2.45, 2.75) is 12.8 Å². The van der Waals surface area contributed by atoms with Gasteiger partial charge in [-0.3, -0.25) is 9.59 Å². The second kappa shape index (κ2) is 3.97. The Kier molecular flexibility index (Phi) is 2.91. The van der Waals surface area contributed by atoms with Crippen LogP contribution in [-0.4, -0.2) is 35.0 Å². The number of aliphatic carboxylic acids is 1. The predicted octanol–water partition coefficient (Wildman–Crippen LogP) is -0.273. The average molecular weight is 207 g/mol. The zero-order chi connectivity index (χ0) is 11.5. The van der Waals surface area contributed by atoms with Gasteiger partial charge in [-0.2, -0.15) is 10.5 Å². The lowest BCUT2D eigenvalue weighted by atomic mass is 10.1. The highest BCUT2D eigenvalue weighted by Gasteiger charge is 2.58. The summed E-state index contributed by atoms with van der Waals surface area (Å²) in [7, 11) is 0. The first-order valence-corrected chi connectivity index (χ1v) is 4.35. The maximum Gasteiger partial charge on any atom is 0.319 e. The first-order valence-electron chi connectivity index (χ1n) is 4.35. The molecule has 1 fully saturated rings. The Hall–Kier alpha value is -2.08. The maximum atomic E-state index is 11.7. The van der Waals surface area contributed by atoms with Crippen molar-refractivity contribution in [3.63, 3.8) is 0 Å². The van der Waals surface area contributed by atoms with Crippen LogP contribution < -0.4 is 0 Å². The van der Waals surface area contributed by atoms with E-state index in [1.54, 1.807) is 12.1 Å². The van der Waals surface area contributed by atoms with Crippen molar-refractivity contribution in [3.8, 4) is 12.1 Å². The van der Waals surface area contributed by atoms with E-state index in [4.69, 9.17) is 15.6 Å². The molecule has 1 aliphatic carbocycles. The molecule has 0 spiro atoms. The first kappa shape index (κ1) is 11.0. The summed E-state index contributed by atoms with van der Waals surface area (Å²) in [5.74, 6) is -1.80. The van der Waals surface area contributed by atoms with Crippen molar-refractivity contribution in [1.29, 1.82) is 10.5 Å². The molecule has 0 saturated heterocycles. The van der Waals surface area contributed by atoms with Crippen LogP contribution in [-0.2, 0) is 9.59 Å². The van der Waals surface area contributed by atoms with Crippen LogP contribution in [0.4, 0.5) is 0 Å². The topological polar surface area (TPSA) is 105 Å². The van der Waals surface area contributed by atoms with E-state index in [0.717, 1.165) is 4.90 Å². The number of carboxylic acids is 1. The number of nitrogens with zero attached hydrogens (tertiary/aromatic N) is 3. The lowest BCUT2D eigenvalue weighted by Gasteiger charge is -2.19. The monoisotopic (exact) mass is 207 g/mol. The van der Waals surface area contributed by atoms with Crippen molar-refractivity contribution < 1.29 is 14.7 Å². The van der Waals surface area contributed by atoms with E-state index < -0.39 is 17.3 Å². The van der Waals surface area contributed by atoms with Gasteiger partial charge in [0.15, 0.2) is 0 Å². The van der Waals surface area contributed by atoms with Gasteiger partial charge in [0.1, 0.15) is 18.5 Å². The Labute approximate surface area is 86.3 Å². The Balaban J connectivity index is 2.78. The van der Waals surface area contributed by atoms with Crippen molar-refractivity contribution >= 4 is 11.9 Å². The van der Waals surface area contributed by atoms with Crippen LogP contribution in [0.2, 0.25) is 0 Å². The molecule has 6 heteroatoms. The fraction of sp³-hybridized carbons (Fsp3) is 0.556. The summed E-state index contributed by atoms with van der Waals surface area (Å²) in [4.78, 5) is 23.5. The predicted molar refractivity (Wildman–Crippen MR) is 47.1 cm³/mol. The number of rotatable bonds is 4. The molecule has 78 valence electrons. The number of nitriles is 2. The summed E-state index contributed by atoms with van der Waals surface area (Å²) in [6.45, 7) is -0.497. The molecule has 6 nitrogen and oxygen atoms in total. The van der Waals surface area contributed by atoms with Gasteiger partial charge in [0, 0.05) is 0 Å². The van der Waals surface area contributed by atoms with Gasteiger partial charge in [-0.05, 0) is 12.8 Å². The van der Waals surface area contributed by atoms with E-state index >= 15 is 0 Å². The summed E-state index contributed by atoms with van der Waals surface area (Å²) in [6, 6.07) is 3.47. The average Bonchev–Trinajstić information content (AvgIpc) is 2.97. The number of carbonyl (C=O) groups is 2. The summed E-state index contributed by atoms with van der Waals surface area (Å²) in [5, 5.41) is 25.7. The fourth-order valence-electron chi connectivity index (χ4n) is 1.32. The van der Waals surface area contributed by atoms with Gasteiger partial charge in [0.2, 0.25) is 5.91 Å². The third-order valence-electron chi connectivity index (χ3n) is 2.38. The number of carboxylic acid groups (broad SMARTS) is 1. The fourth-order valence-corrected chi connectivity index (χ4v) is 1.32. The molecule has 1 amide bonds. The van der Waals surface area contributed by atoms with Crippen molar-refractivity contribution in [1.82, 2.24) is 4.90 Å². The quantitative estimate of drug-likeness (QED) is 0.504. The van der Waals surface area contributed by atoms with Gasteiger partial charge in [-0.1, -0.05) is 0 Å². The molecular formula is C9H9N3O3. The van der Waals surface area contributed by atoms with Crippen LogP contribution >= 0.6 is 0 Å². The third kappa shape index (κ3) is 1.89. The van der Waals surface area contributed by atoms with Crippen molar-refractivity contribution in [2.24, 2.45) is 5.41 Å². The smallest absolute Gasteiger partial charge is 0.319 e. The van der Waals surface area contributed by atoms with Gasteiger partial charge in [-0.25, -0.2) is 0 Å². The van der Waals surface area contributed by atoms with E-state index in [2.05, 4.69) is 0 Å². The minimum Gasteiger partial charge on any atom is -0.480 e. The standard InChI is InChI=1S/C9H9N3O3/c10-3-5-12(6-4-11)7(13)9(1-2-9)8(14)15/h1-2,5-6H2,(H,14,15). The Morgan fingerprint density at radius 2 is 1.73 bits per heavy atom. The minimum atomic E-state index is -1.37. The largest absolute Gasteiger partial charge is 0.480 e. The lowest BCUT2D eigenvalue weighted by Crippen LogP contribution is -2.41. The van der Waals surface area contributed by atoms with Gasteiger partial charge >= 0.3 is 5.97 Å². The molecule has 0 radical (unpaired) electrons. The molecule has 0 aromatic carbocycles.